The molecule has 0 aliphatic heterocycles. The summed E-state index contributed by atoms with van der Waals surface area (Å²) < 4.78 is 0.293. The van der Waals surface area contributed by atoms with Crippen molar-refractivity contribution >= 4 is 5.78 Å². The van der Waals surface area contributed by atoms with E-state index < -0.39 is 5.72 Å². The SMILES string of the molecule is CCCCCCCCCCCCCCCCCCCCCC(=O)C(O)(CC)[N+](C)(C)C.[Cl-]. The van der Waals surface area contributed by atoms with Crippen LogP contribution < -0.4 is 12.4 Å². The van der Waals surface area contributed by atoms with E-state index in [0.717, 1.165) is 12.8 Å². The predicted octanol–water partition coefficient (Wildman–Crippen LogP) is 5.19. The predicted molar refractivity (Wildman–Crippen MR) is 136 cm³/mol. The Kier molecular flexibility index (Phi) is 22.8. The highest BCUT2D eigenvalue weighted by molar-refractivity contribution is 5.85. The first-order valence-corrected chi connectivity index (χ1v) is 13.9. The first kappa shape index (κ1) is 34.0. The Morgan fingerprint density at radius 2 is 0.875 bits per heavy atom. The molecule has 0 aliphatic rings. The second kappa shape index (κ2) is 21.4. The van der Waals surface area contributed by atoms with E-state index in [4.69, 9.17) is 0 Å². The smallest absolute Gasteiger partial charge is 0.260 e. The maximum Gasteiger partial charge on any atom is 0.260 e. The maximum atomic E-state index is 12.5. The molecule has 4 heteroatoms. The minimum Gasteiger partial charge on any atom is -1.00 e. The summed E-state index contributed by atoms with van der Waals surface area (Å²) in [7, 11) is 5.70. The van der Waals surface area contributed by atoms with Gasteiger partial charge in [-0.2, -0.15) is 0 Å². The number of hydrogen-bond donors (Lipinski definition) is 1. The zero-order valence-corrected chi connectivity index (χ0v) is 23.3. The number of likely N-dealkylation sites (N-methyl/N-ethyl adjacent to an activating group) is 1. The molecule has 1 unspecified atom stereocenters. The van der Waals surface area contributed by atoms with Crippen LogP contribution in [-0.2, 0) is 4.79 Å². The molecule has 194 valence electrons. The van der Waals surface area contributed by atoms with Gasteiger partial charge < -0.3 is 17.5 Å². The summed E-state index contributed by atoms with van der Waals surface area (Å²) in [4.78, 5) is 12.5. The second-order valence-electron chi connectivity index (χ2n) is 10.7. The van der Waals surface area contributed by atoms with E-state index in [1.54, 1.807) is 0 Å². The lowest BCUT2D eigenvalue weighted by molar-refractivity contribution is -0.938. The van der Waals surface area contributed by atoms with Crippen molar-refractivity contribution in [1.29, 1.82) is 0 Å². The van der Waals surface area contributed by atoms with E-state index in [0.29, 0.717) is 17.3 Å². The van der Waals surface area contributed by atoms with Crippen LogP contribution in [0.25, 0.3) is 0 Å². The highest BCUT2D eigenvalue weighted by atomic mass is 35.5. The Balaban J connectivity index is 0. The molecular weight excluding hydrogens is 418 g/mol. The molecule has 3 nitrogen and oxygen atoms in total. The molecule has 0 aromatic heterocycles. The van der Waals surface area contributed by atoms with Gasteiger partial charge in [-0.3, -0.25) is 9.28 Å². The second-order valence-corrected chi connectivity index (χ2v) is 10.7. The van der Waals surface area contributed by atoms with Gasteiger partial charge >= 0.3 is 0 Å². The fourth-order valence-corrected chi connectivity index (χ4v) is 4.61. The molecule has 0 fully saturated rings. The molecule has 0 heterocycles. The van der Waals surface area contributed by atoms with E-state index in [2.05, 4.69) is 6.92 Å². The standard InChI is InChI=1S/C28H58NO2.ClH/c1-6-8-9-10-11-12-13-14-15-16-17-18-19-20-21-22-23-24-25-26-27(30)28(31,7-2)29(3,4)5;/h31H,6-26H2,1-5H3;1H/q+1;/p-1. The molecule has 0 spiro atoms. The number of quaternary nitrogens is 1. The quantitative estimate of drug-likeness (QED) is 0.125. The average molecular weight is 476 g/mol. The van der Waals surface area contributed by atoms with Crippen molar-refractivity contribution in [2.75, 3.05) is 21.1 Å². The third-order valence-electron chi connectivity index (χ3n) is 7.06. The molecule has 1 N–H and O–H groups in total. The number of Topliss-reactive ketones (excluding diaryl/α,β-unsaturated/α-hetero) is 1. The molecule has 0 bridgehead atoms. The van der Waals surface area contributed by atoms with Crippen LogP contribution in [0.4, 0.5) is 0 Å². The molecule has 0 aromatic carbocycles. The maximum absolute atomic E-state index is 12.5. The van der Waals surface area contributed by atoms with E-state index >= 15 is 0 Å². The first-order valence-electron chi connectivity index (χ1n) is 13.9. The van der Waals surface area contributed by atoms with Crippen molar-refractivity contribution in [3.05, 3.63) is 0 Å². The summed E-state index contributed by atoms with van der Waals surface area (Å²) in [5.41, 5.74) is -1.23. The largest absolute Gasteiger partial charge is 1.00 e. The number of carbonyl (C=O) groups is 1. The molecule has 1 atom stereocenters. The first-order chi connectivity index (χ1) is 14.8. The lowest BCUT2D eigenvalue weighted by Gasteiger charge is -2.40. The van der Waals surface area contributed by atoms with Gasteiger partial charge in [-0.25, -0.2) is 0 Å². The van der Waals surface area contributed by atoms with Crippen molar-refractivity contribution in [1.82, 2.24) is 0 Å². The minimum atomic E-state index is -1.23. The molecule has 0 radical (unpaired) electrons. The molecule has 0 aromatic rings. The van der Waals surface area contributed by atoms with Crippen molar-refractivity contribution in [3.8, 4) is 0 Å². The Bertz CT molecular complexity index is 422. The van der Waals surface area contributed by atoms with Crippen molar-refractivity contribution in [3.63, 3.8) is 0 Å². The van der Waals surface area contributed by atoms with Crippen LogP contribution in [0.15, 0.2) is 0 Å². The number of hydrogen-bond acceptors (Lipinski definition) is 2. The van der Waals surface area contributed by atoms with Gasteiger partial charge in [0, 0.05) is 12.8 Å². The summed E-state index contributed by atoms with van der Waals surface area (Å²) in [6, 6.07) is 0. The van der Waals surface area contributed by atoms with E-state index in [1.807, 2.05) is 28.1 Å². The molecule has 0 saturated heterocycles. The van der Waals surface area contributed by atoms with Gasteiger partial charge in [-0.05, 0) is 6.42 Å². The Morgan fingerprint density at radius 3 is 1.12 bits per heavy atom. The highest BCUT2D eigenvalue weighted by Crippen LogP contribution is 2.24. The number of nitrogens with zero attached hydrogens (tertiary/aromatic N) is 1. The number of carbonyl (C=O) groups excluding carboxylic acids is 1. The Hall–Kier alpha value is -0.120. The zero-order valence-electron chi connectivity index (χ0n) is 22.5. The monoisotopic (exact) mass is 475 g/mol. The summed E-state index contributed by atoms with van der Waals surface area (Å²) >= 11 is 0. The molecule has 32 heavy (non-hydrogen) atoms. The molecular formula is C28H58ClNO2. The lowest BCUT2D eigenvalue weighted by Crippen LogP contribution is -3.00. The molecule has 0 saturated carbocycles. The minimum absolute atomic E-state index is 0. The number of rotatable bonds is 23. The Morgan fingerprint density at radius 1 is 0.594 bits per heavy atom. The van der Waals surface area contributed by atoms with Crippen LogP contribution in [0.3, 0.4) is 0 Å². The number of unbranched alkanes of at least 4 members (excludes halogenated alkanes) is 18. The summed E-state index contributed by atoms with van der Waals surface area (Å²) in [5, 5.41) is 10.7. The fourth-order valence-electron chi connectivity index (χ4n) is 4.61. The lowest BCUT2D eigenvalue weighted by atomic mass is 9.96. The van der Waals surface area contributed by atoms with Gasteiger partial charge in [0.1, 0.15) is 0 Å². The van der Waals surface area contributed by atoms with E-state index in [9.17, 15) is 9.90 Å². The van der Waals surface area contributed by atoms with Gasteiger partial charge in [0.15, 0.2) is 0 Å². The summed E-state index contributed by atoms with van der Waals surface area (Å²) in [6.07, 6.45) is 26.8. The number of halogens is 1. The molecule has 0 aliphatic carbocycles. The number of ketones is 1. The van der Waals surface area contributed by atoms with Crippen molar-refractivity contribution < 1.29 is 26.8 Å². The van der Waals surface area contributed by atoms with Crippen LogP contribution in [-0.4, -0.2) is 42.2 Å². The third-order valence-corrected chi connectivity index (χ3v) is 7.06. The van der Waals surface area contributed by atoms with E-state index in [1.165, 1.54) is 109 Å². The zero-order chi connectivity index (χ0) is 23.4. The highest BCUT2D eigenvalue weighted by Gasteiger charge is 2.45. The van der Waals surface area contributed by atoms with Crippen LogP contribution in [0.2, 0.25) is 0 Å². The van der Waals surface area contributed by atoms with Gasteiger partial charge in [0.25, 0.3) is 5.72 Å². The van der Waals surface area contributed by atoms with Gasteiger partial charge in [-0.15, -0.1) is 0 Å². The fraction of sp³-hybridized carbons (Fsp3) is 0.964. The van der Waals surface area contributed by atoms with Crippen LogP contribution >= 0.6 is 0 Å². The molecule has 0 rings (SSSR count). The van der Waals surface area contributed by atoms with Crippen molar-refractivity contribution in [2.45, 2.75) is 154 Å². The Labute approximate surface area is 208 Å². The van der Waals surface area contributed by atoms with Gasteiger partial charge in [0.2, 0.25) is 5.78 Å². The van der Waals surface area contributed by atoms with E-state index in [-0.39, 0.29) is 18.2 Å². The van der Waals surface area contributed by atoms with Crippen LogP contribution in [0.5, 0.6) is 0 Å². The van der Waals surface area contributed by atoms with Crippen LogP contribution in [0, 0.1) is 0 Å². The summed E-state index contributed by atoms with van der Waals surface area (Å²) in [6.45, 7) is 4.19. The third kappa shape index (κ3) is 16.5. The molecule has 0 amide bonds. The normalized spacial score (nSPS) is 13.6. The van der Waals surface area contributed by atoms with Gasteiger partial charge in [0.05, 0.1) is 21.1 Å². The topological polar surface area (TPSA) is 37.3 Å². The van der Waals surface area contributed by atoms with Gasteiger partial charge in [-0.1, -0.05) is 129 Å². The summed E-state index contributed by atoms with van der Waals surface area (Å²) in [5.74, 6) is 0.00877. The number of aliphatic hydroxyl groups is 1. The van der Waals surface area contributed by atoms with Crippen LogP contribution in [0.1, 0.15) is 149 Å². The average Bonchev–Trinajstić information content (AvgIpc) is 2.73. The van der Waals surface area contributed by atoms with Crippen molar-refractivity contribution in [2.24, 2.45) is 0 Å².